The van der Waals surface area contributed by atoms with Crippen LogP contribution in [0.1, 0.15) is 13.8 Å². The van der Waals surface area contributed by atoms with Gasteiger partial charge in [-0.05, 0) is 19.4 Å². The third-order valence-corrected chi connectivity index (χ3v) is 2.16. The SMILES string of the molecule is C=C(C)C(=O)C(C)N1CCNC1=O. The van der Waals surface area contributed by atoms with E-state index < -0.39 is 0 Å². The van der Waals surface area contributed by atoms with Crippen molar-refractivity contribution in [1.82, 2.24) is 10.2 Å². The van der Waals surface area contributed by atoms with E-state index in [1.165, 1.54) is 4.90 Å². The summed E-state index contributed by atoms with van der Waals surface area (Å²) in [5, 5.41) is 2.65. The van der Waals surface area contributed by atoms with E-state index in [9.17, 15) is 9.59 Å². The summed E-state index contributed by atoms with van der Waals surface area (Å²) in [5.74, 6) is -0.0722. The van der Waals surface area contributed by atoms with Gasteiger partial charge >= 0.3 is 6.03 Å². The summed E-state index contributed by atoms with van der Waals surface area (Å²) in [6.45, 7) is 8.16. The fourth-order valence-electron chi connectivity index (χ4n) is 1.35. The van der Waals surface area contributed by atoms with E-state index in [-0.39, 0.29) is 17.9 Å². The lowest BCUT2D eigenvalue weighted by Crippen LogP contribution is -2.41. The highest BCUT2D eigenvalue weighted by atomic mass is 16.2. The summed E-state index contributed by atoms with van der Waals surface area (Å²) < 4.78 is 0. The van der Waals surface area contributed by atoms with Gasteiger partial charge in [-0.15, -0.1) is 0 Å². The molecule has 0 aliphatic carbocycles. The van der Waals surface area contributed by atoms with Crippen molar-refractivity contribution >= 4 is 11.8 Å². The third kappa shape index (κ3) is 1.88. The van der Waals surface area contributed by atoms with Crippen molar-refractivity contribution < 1.29 is 9.59 Å². The van der Waals surface area contributed by atoms with E-state index in [4.69, 9.17) is 0 Å². The Morgan fingerprint density at radius 2 is 2.31 bits per heavy atom. The number of hydrogen-bond donors (Lipinski definition) is 1. The number of nitrogens with one attached hydrogen (secondary N) is 1. The molecule has 0 bridgehead atoms. The average Bonchev–Trinajstić information content (AvgIpc) is 2.48. The number of rotatable bonds is 3. The standard InChI is InChI=1S/C9H14N2O2/c1-6(2)8(12)7(3)11-5-4-10-9(11)13/h7H,1,4-5H2,2-3H3,(H,10,13). The number of urea groups is 1. The lowest BCUT2D eigenvalue weighted by Gasteiger charge is -2.21. The minimum absolute atomic E-state index is 0.0722. The van der Waals surface area contributed by atoms with Crippen LogP contribution < -0.4 is 5.32 Å². The van der Waals surface area contributed by atoms with Gasteiger partial charge in [-0.1, -0.05) is 6.58 Å². The predicted octanol–water partition coefficient (Wildman–Crippen LogP) is 0.545. The third-order valence-electron chi connectivity index (χ3n) is 2.16. The highest BCUT2D eigenvalue weighted by Gasteiger charge is 2.29. The molecular formula is C9H14N2O2. The van der Waals surface area contributed by atoms with Gasteiger partial charge in [-0.2, -0.15) is 0 Å². The first-order chi connectivity index (χ1) is 6.04. The maximum atomic E-state index is 11.5. The van der Waals surface area contributed by atoms with Crippen molar-refractivity contribution in [3.05, 3.63) is 12.2 Å². The van der Waals surface area contributed by atoms with E-state index in [0.29, 0.717) is 18.7 Å². The minimum atomic E-state index is -0.389. The van der Waals surface area contributed by atoms with Crippen LogP contribution in [-0.2, 0) is 4.79 Å². The van der Waals surface area contributed by atoms with Crippen LogP contribution in [0.2, 0.25) is 0 Å². The van der Waals surface area contributed by atoms with Crippen LogP contribution in [0.15, 0.2) is 12.2 Å². The van der Waals surface area contributed by atoms with Gasteiger partial charge in [0.25, 0.3) is 0 Å². The van der Waals surface area contributed by atoms with Crippen molar-refractivity contribution in [3.8, 4) is 0 Å². The van der Waals surface area contributed by atoms with E-state index in [2.05, 4.69) is 11.9 Å². The molecular weight excluding hydrogens is 168 g/mol. The van der Waals surface area contributed by atoms with Gasteiger partial charge in [0.2, 0.25) is 0 Å². The molecule has 1 fully saturated rings. The minimum Gasteiger partial charge on any atom is -0.336 e. The fraction of sp³-hybridized carbons (Fsp3) is 0.556. The zero-order valence-corrected chi connectivity index (χ0v) is 7.96. The number of carbonyl (C=O) groups is 2. The Balaban J connectivity index is 2.66. The topological polar surface area (TPSA) is 49.4 Å². The second-order valence-electron chi connectivity index (χ2n) is 3.25. The van der Waals surface area contributed by atoms with Gasteiger partial charge in [0.05, 0.1) is 6.04 Å². The molecule has 1 rings (SSSR count). The number of carbonyl (C=O) groups excluding carboxylic acids is 2. The second-order valence-corrected chi connectivity index (χ2v) is 3.25. The Morgan fingerprint density at radius 1 is 1.69 bits per heavy atom. The van der Waals surface area contributed by atoms with E-state index >= 15 is 0 Å². The molecule has 1 atom stereocenters. The molecule has 0 aromatic heterocycles. The summed E-state index contributed by atoms with van der Waals surface area (Å²) >= 11 is 0. The zero-order chi connectivity index (χ0) is 10.0. The molecule has 1 heterocycles. The van der Waals surface area contributed by atoms with Gasteiger partial charge in [0.15, 0.2) is 5.78 Å². The summed E-state index contributed by atoms with van der Waals surface area (Å²) in [7, 11) is 0. The fourth-order valence-corrected chi connectivity index (χ4v) is 1.35. The maximum absolute atomic E-state index is 11.5. The Labute approximate surface area is 77.6 Å². The molecule has 4 nitrogen and oxygen atoms in total. The average molecular weight is 182 g/mol. The number of nitrogens with zero attached hydrogens (tertiary/aromatic N) is 1. The lowest BCUT2D eigenvalue weighted by atomic mass is 10.1. The molecule has 0 aromatic rings. The molecule has 72 valence electrons. The van der Waals surface area contributed by atoms with Gasteiger partial charge < -0.3 is 10.2 Å². The Hall–Kier alpha value is -1.32. The van der Waals surface area contributed by atoms with Crippen LogP contribution in [0.3, 0.4) is 0 Å². The van der Waals surface area contributed by atoms with Crippen molar-refractivity contribution in [1.29, 1.82) is 0 Å². The zero-order valence-electron chi connectivity index (χ0n) is 7.96. The molecule has 4 heteroatoms. The van der Waals surface area contributed by atoms with Gasteiger partial charge in [-0.25, -0.2) is 4.79 Å². The van der Waals surface area contributed by atoms with Crippen LogP contribution in [0.25, 0.3) is 0 Å². The summed E-state index contributed by atoms with van der Waals surface area (Å²) in [5.41, 5.74) is 0.493. The molecule has 0 aromatic carbocycles. The molecule has 1 aliphatic rings. The summed E-state index contributed by atoms with van der Waals surface area (Å²) in [6, 6.07) is -0.554. The highest BCUT2D eigenvalue weighted by Crippen LogP contribution is 2.08. The highest BCUT2D eigenvalue weighted by molar-refractivity contribution is 6.00. The maximum Gasteiger partial charge on any atom is 0.318 e. The Kier molecular flexibility index (Phi) is 2.70. The van der Waals surface area contributed by atoms with Gasteiger partial charge in [0, 0.05) is 13.1 Å². The normalized spacial score (nSPS) is 18.3. The quantitative estimate of drug-likeness (QED) is 0.648. The second kappa shape index (κ2) is 3.60. The number of amides is 2. The van der Waals surface area contributed by atoms with Crippen molar-refractivity contribution in [2.24, 2.45) is 0 Å². The smallest absolute Gasteiger partial charge is 0.318 e. The Morgan fingerprint density at radius 3 is 2.69 bits per heavy atom. The molecule has 1 unspecified atom stereocenters. The Bertz CT molecular complexity index is 260. The van der Waals surface area contributed by atoms with E-state index in [0.717, 1.165) is 0 Å². The predicted molar refractivity (Wildman–Crippen MR) is 49.4 cm³/mol. The molecule has 1 aliphatic heterocycles. The van der Waals surface area contributed by atoms with Crippen LogP contribution >= 0.6 is 0 Å². The summed E-state index contributed by atoms with van der Waals surface area (Å²) in [6.07, 6.45) is 0. The number of Topliss-reactive ketones (excluding diaryl/α,β-unsaturated/α-hetero) is 1. The molecule has 0 spiro atoms. The van der Waals surface area contributed by atoms with Crippen molar-refractivity contribution in [2.75, 3.05) is 13.1 Å². The van der Waals surface area contributed by atoms with Crippen LogP contribution in [0.5, 0.6) is 0 Å². The van der Waals surface area contributed by atoms with E-state index in [1.807, 2.05) is 0 Å². The molecule has 13 heavy (non-hydrogen) atoms. The van der Waals surface area contributed by atoms with E-state index in [1.54, 1.807) is 13.8 Å². The molecule has 0 saturated carbocycles. The van der Waals surface area contributed by atoms with Crippen LogP contribution in [0, 0.1) is 0 Å². The van der Waals surface area contributed by atoms with Gasteiger partial charge in [0.1, 0.15) is 0 Å². The monoisotopic (exact) mass is 182 g/mol. The lowest BCUT2D eigenvalue weighted by molar-refractivity contribution is -0.118. The molecule has 2 amide bonds. The largest absolute Gasteiger partial charge is 0.336 e. The molecule has 0 radical (unpaired) electrons. The van der Waals surface area contributed by atoms with Crippen LogP contribution in [-0.4, -0.2) is 35.8 Å². The van der Waals surface area contributed by atoms with Crippen molar-refractivity contribution in [2.45, 2.75) is 19.9 Å². The number of ketones is 1. The first-order valence-electron chi connectivity index (χ1n) is 4.28. The summed E-state index contributed by atoms with van der Waals surface area (Å²) in [4.78, 5) is 24.2. The first kappa shape index (κ1) is 9.77. The first-order valence-corrected chi connectivity index (χ1v) is 4.28. The van der Waals surface area contributed by atoms with Crippen LogP contribution in [0.4, 0.5) is 4.79 Å². The van der Waals surface area contributed by atoms with Crippen molar-refractivity contribution in [3.63, 3.8) is 0 Å². The molecule has 1 saturated heterocycles. The molecule has 1 N–H and O–H groups in total. The van der Waals surface area contributed by atoms with Gasteiger partial charge in [-0.3, -0.25) is 4.79 Å². The number of hydrogen-bond acceptors (Lipinski definition) is 2.